The lowest BCUT2D eigenvalue weighted by Gasteiger charge is -2.23. The summed E-state index contributed by atoms with van der Waals surface area (Å²) in [7, 11) is 1.65. The first-order valence-corrected chi connectivity index (χ1v) is 6.04. The van der Waals surface area contributed by atoms with Gasteiger partial charge >= 0.3 is 6.18 Å². The average molecular weight is 291 g/mol. The maximum atomic E-state index is 12.6. The van der Waals surface area contributed by atoms with E-state index in [-0.39, 0.29) is 5.69 Å². The molecule has 2 rings (SSSR count). The Labute approximate surface area is 120 Å². The van der Waals surface area contributed by atoms with Crippen LogP contribution in [0.2, 0.25) is 0 Å². The van der Waals surface area contributed by atoms with Gasteiger partial charge in [0, 0.05) is 7.05 Å². The van der Waals surface area contributed by atoms with Gasteiger partial charge in [-0.15, -0.1) is 0 Å². The van der Waals surface area contributed by atoms with Crippen LogP contribution in [0.3, 0.4) is 0 Å². The van der Waals surface area contributed by atoms with Crippen molar-refractivity contribution in [1.29, 1.82) is 5.26 Å². The third kappa shape index (κ3) is 2.92. The standard InChI is InChI=1S/C15H12F3N3/c1-21(13-5-3-2-4-10(13)9-19)14-7-6-11(8-12(14)20)15(16,17)18/h2-8H,20H2,1H3. The maximum absolute atomic E-state index is 12.6. The van der Waals surface area contributed by atoms with Crippen molar-refractivity contribution in [2.75, 3.05) is 17.7 Å². The lowest BCUT2D eigenvalue weighted by molar-refractivity contribution is -0.137. The van der Waals surface area contributed by atoms with Crippen molar-refractivity contribution in [2.24, 2.45) is 0 Å². The number of benzene rings is 2. The van der Waals surface area contributed by atoms with Gasteiger partial charge in [-0.05, 0) is 30.3 Å². The molecule has 0 saturated carbocycles. The second-order valence-corrected chi connectivity index (χ2v) is 4.46. The topological polar surface area (TPSA) is 53.0 Å². The van der Waals surface area contributed by atoms with E-state index in [2.05, 4.69) is 0 Å². The summed E-state index contributed by atoms with van der Waals surface area (Å²) >= 11 is 0. The predicted octanol–water partition coefficient (Wildman–Crippen LogP) is 3.93. The second kappa shape index (κ2) is 5.37. The fourth-order valence-electron chi connectivity index (χ4n) is 2.03. The molecule has 6 heteroatoms. The Balaban J connectivity index is 2.45. The molecule has 0 aliphatic rings. The molecule has 0 bridgehead atoms. The summed E-state index contributed by atoms with van der Waals surface area (Å²) < 4.78 is 37.9. The smallest absolute Gasteiger partial charge is 0.397 e. The summed E-state index contributed by atoms with van der Waals surface area (Å²) in [4.78, 5) is 1.59. The number of anilines is 3. The Morgan fingerprint density at radius 2 is 1.76 bits per heavy atom. The van der Waals surface area contributed by atoms with Crippen molar-refractivity contribution in [1.82, 2.24) is 0 Å². The van der Waals surface area contributed by atoms with Gasteiger partial charge in [-0.1, -0.05) is 12.1 Å². The summed E-state index contributed by atoms with van der Waals surface area (Å²) in [5, 5.41) is 9.08. The van der Waals surface area contributed by atoms with E-state index in [0.29, 0.717) is 16.9 Å². The zero-order chi connectivity index (χ0) is 15.6. The molecule has 0 spiro atoms. The van der Waals surface area contributed by atoms with Crippen molar-refractivity contribution in [3.05, 3.63) is 53.6 Å². The van der Waals surface area contributed by atoms with Gasteiger partial charge in [0.25, 0.3) is 0 Å². The lowest BCUT2D eigenvalue weighted by atomic mass is 10.1. The highest BCUT2D eigenvalue weighted by Crippen LogP contribution is 2.36. The van der Waals surface area contributed by atoms with Crippen LogP contribution in [0.25, 0.3) is 0 Å². The molecule has 0 aliphatic carbocycles. The predicted molar refractivity (Wildman–Crippen MR) is 75.1 cm³/mol. The Morgan fingerprint density at radius 3 is 2.33 bits per heavy atom. The zero-order valence-corrected chi connectivity index (χ0v) is 11.1. The molecule has 2 aromatic rings. The van der Waals surface area contributed by atoms with E-state index in [1.807, 2.05) is 6.07 Å². The Bertz CT molecular complexity index is 702. The first-order valence-electron chi connectivity index (χ1n) is 6.04. The van der Waals surface area contributed by atoms with E-state index in [4.69, 9.17) is 11.0 Å². The van der Waals surface area contributed by atoms with Gasteiger partial charge in [-0.25, -0.2) is 0 Å². The van der Waals surface area contributed by atoms with Gasteiger partial charge in [0.1, 0.15) is 6.07 Å². The highest BCUT2D eigenvalue weighted by Gasteiger charge is 2.31. The fourth-order valence-corrected chi connectivity index (χ4v) is 2.03. The van der Waals surface area contributed by atoms with Crippen LogP contribution in [0.5, 0.6) is 0 Å². The van der Waals surface area contributed by atoms with Crippen molar-refractivity contribution < 1.29 is 13.2 Å². The quantitative estimate of drug-likeness (QED) is 0.853. The van der Waals surface area contributed by atoms with E-state index in [1.54, 1.807) is 36.2 Å². The Morgan fingerprint density at radius 1 is 1.10 bits per heavy atom. The van der Waals surface area contributed by atoms with Gasteiger partial charge in [0.15, 0.2) is 0 Å². The van der Waals surface area contributed by atoms with Crippen molar-refractivity contribution in [3.8, 4) is 6.07 Å². The first kappa shape index (κ1) is 14.7. The van der Waals surface area contributed by atoms with Crippen molar-refractivity contribution in [2.45, 2.75) is 6.18 Å². The van der Waals surface area contributed by atoms with E-state index in [1.165, 1.54) is 6.07 Å². The molecule has 0 saturated heterocycles. The van der Waals surface area contributed by atoms with Gasteiger partial charge < -0.3 is 10.6 Å². The molecule has 0 heterocycles. The molecule has 2 N–H and O–H groups in total. The average Bonchev–Trinajstić information content (AvgIpc) is 2.45. The largest absolute Gasteiger partial charge is 0.416 e. The number of hydrogen-bond donors (Lipinski definition) is 1. The minimum Gasteiger partial charge on any atom is -0.397 e. The van der Waals surface area contributed by atoms with Gasteiger partial charge in [-0.3, -0.25) is 0 Å². The molecule has 2 aromatic carbocycles. The van der Waals surface area contributed by atoms with Crippen LogP contribution in [0.1, 0.15) is 11.1 Å². The minimum atomic E-state index is -4.43. The normalized spacial score (nSPS) is 11.0. The number of nitrogens with zero attached hydrogens (tertiary/aromatic N) is 2. The van der Waals surface area contributed by atoms with Crippen LogP contribution in [-0.2, 0) is 6.18 Å². The molecular weight excluding hydrogens is 279 g/mol. The molecule has 0 aromatic heterocycles. The number of nitrogen functional groups attached to an aromatic ring is 1. The highest BCUT2D eigenvalue weighted by molar-refractivity contribution is 5.77. The van der Waals surface area contributed by atoms with Crippen molar-refractivity contribution >= 4 is 17.1 Å². The first-order chi connectivity index (χ1) is 9.84. The van der Waals surface area contributed by atoms with E-state index < -0.39 is 11.7 Å². The Hall–Kier alpha value is -2.68. The number of nitrogens with two attached hydrogens (primary N) is 1. The molecule has 108 valence electrons. The third-order valence-electron chi connectivity index (χ3n) is 3.10. The Kier molecular flexibility index (Phi) is 3.76. The monoisotopic (exact) mass is 291 g/mol. The summed E-state index contributed by atoms with van der Waals surface area (Å²) in [5.74, 6) is 0. The number of hydrogen-bond acceptors (Lipinski definition) is 3. The second-order valence-electron chi connectivity index (χ2n) is 4.46. The van der Waals surface area contributed by atoms with Crippen LogP contribution in [0, 0.1) is 11.3 Å². The summed E-state index contributed by atoms with van der Waals surface area (Å²) in [6, 6.07) is 12.0. The number of rotatable bonds is 2. The molecule has 3 nitrogen and oxygen atoms in total. The molecule has 0 atom stereocenters. The number of alkyl halides is 3. The van der Waals surface area contributed by atoms with E-state index >= 15 is 0 Å². The minimum absolute atomic E-state index is 0.0000628. The molecule has 0 radical (unpaired) electrons. The van der Waals surface area contributed by atoms with Crippen LogP contribution in [0.4, 0.5) is 30.2 Å². The van der Waals surface area contributed by atoms with Crippen LogP contribution in [-0.4, -0.2) is 7.05 Å². The summed E-state index contributed by atoms with van der Waals surface area (Å²) in [5.41, 5.74) is 6.32. The SMILES string of the molecule is CN(c1ccc(C(F)(F)F)cc1N)c1ccccc1C#N. The van der Waals surface area contributed by atoms with E-state index in [9.17, 15) is 13.2 Å². The van der Waals surface area contributed by atoms with Gasteiger partial charge in [-0.2, -0.15) is 18.4 Å². The fraction of sp³-hybridized carbons (Fsp3) is 0.133. The summed E-state index contributed by atoms with van der Waals surface area (Å²) in [6.07, 6.45) is -4.43. The van der Waals surface area contributed by atoms with Crippen LogP contribution in [0.15, 0.2) is 42.5 Å². The highest BCUT2D eigenvalue weighted by atomic mass is 19.4. The number of nitriles is 1. The van der Waals surface area contributed by atoms with Gasteiger partial charge in [0.2, 0.25) is 0 Å². The molecule has 0 amide bonds. The zero-order valence-electron chi connectivity index (χ0n) is 11.1. The third-order valence-corrected chi connectivity index (χ3v) is 3.10. The number of para-hydroxylation sites is 1. The lowest BCUT2D eigenvalue weighted by Crippen LogP contribution is -2.14. The van der Waals surface area contributed by atoms with Crippen LogP contribution < -0.4 is 10.6 Å². The van der Waals surface area contributed by atoms with E-state index in [0.717, 1.165) is 12.1 Å². The van der Waals surface area contributed by atoms with Crippen LogP contribution >= 0.6 is 0 Å². The van der Waals surface area contributed by atoms with Gasteiger partial charge in [0.05, 0.1) is 28.2 Å². The maximum Gasteiger partial charge on any atom is 0.416 e. The molecular formula is C15H12F3N3. The number of halogens is 3. The molecule has 0 unspecified atom stereocenters. The molecule has 21 heavy (non-hydrogen) atoms. The molecule has 0 fully saturated rings. The summed E-state index contributed by atoms with van der Waals surface area (Å²) in [6.45, 7) is 0. The molecule has 0 aliphatic heterocycles. The van der Waals surface area contributed by atoms with Crippen molar-refractivity contribution in [3.63, 3.8) is 0 Å².